The van der Waals surface area contributed by atoms with Crippen LogP contribution in [0.3, 0.4) is 0 Å². The van der Waals surface area contributed by atoms with Gasteiger partial charge in [-0.05, 0) is 24.3 Å². The fraction of sp³-hybridized carbons (Fsp3) is 0.0588. The Hall–Kier alpha value is -3.06. The second kappa shape index (κ2) is 4.50. The molecule has 0 N–H and O–H groups in total. The fourth-order valence-corrected chi connectivity index (χ4v) is 2.46. The molecule has 4 heteroatoms. The van der Waals surface area contributed by atoms with Crippen LogP contribution < -0.4 is 0 Å². The Bertz CT molecular complexity index is 955. The molecule has 0 spiro atoms. The van der Waals surface area contributed by atoms with Crippen molar-refractivity contribution < 1.29 is 4.42 Å². The summed E-state index contributed by atoms with van der Waals surface area (Å²) in [5, 5.41) is 0. The molecule has 0 saturated heterocycles. The van der Waals surface area contributed by atoms with Gasteiger partial charge in [-0.2, -0.15) is 0 Å². The third-order valence-corrected chi connectivity index (χ3v) is 3.39. The van der Waals surface area contributed by atoms with Gasteiger partial charge in [-0.1, -0.05) is 30.2 Å². The molecule has 2 heterocycles. The molecule has 0 amide bonds. The summed E-state index contributed by atoms with van der Waals surface area (Å²) in [6.07, 6.45) is 5.48. The van der Waals surface area contributed by atoms with E-state index < -0.39 is 0 Å². The predicted molar refractivity (Wildman–Crippen MR) is 81.6 cm³/mol. The smallest absolute Gasteiger partial charge is 0.264 e. The quantitative estimate of drug-likeness (QED) is 0.525. The van der Waals surface area contributed by atoms with Crippen molar-refractivity contribution >= 4 is 22.1 Å². The molecular formula is C17H11N3O. The fourth-order valence-electron chi connectivity index (χ4n) is 2.46. The summed E-state index contributed by atoms with van der Waals surface area (Å²) in [5.41, 5.74) is 3.41. The lowest BCUT2D eigenvalue weighted by Gasteiger charge is -2.01. The topological polar surface area (TPSA) is 43.9 Å². The Morgan fingerprint density at radius 1 is 1.00 bits per heavy atom. The maximum absolute atomic E-state index is 5.81. The zero-order valence-electron chi connectivity index (χ0n) is 11.2. The highest BCUT2D eigenvalue weighted by atomic mass is 16.3. The number of fused-ring (bicyclic) bond motifs is 2. The van der Waals surface area contributed by atoms with Crippen LogP contribution in [0.15, 0.2) is 52.9 Å². The average Bonchev–Trinajstić information content (AvgIpc) is 3.09. The van der Waals surface area contributed by atoms with Crippen molar-refractivity contribution in [2.45, 2.75) is 6.54 Å². The molecule has 2 aromatic carbocycles. The number of benzene rings is 2. The van der Waals surface area contributed by atoms with E-state index in [0.717, 1.165) is 22.1 Å². The van der Waals surface area contributed by atoms with Crippen molar-refractivity contribution in [3.05, 3.63) is 48.5 Å². The minimum absolute atomic E-state index is 0.425. The van der Waals surface area contributed by atoms with Gasteiger partial charge in [0.25, 0.3) is 5.89 Å². The van der Waals surface area contributed by atoms with Crippen LogP contribution in [0.5, 0.6) is 0 Å². The highest BCUT2D eigenvalue weighted by Crippen LogP contribution is 2.27. The third kappa shape index (κ3) is 1.79. The summed E-state index contributed by atoms with van der Waals surface area (Å²) >= 11 is 0. The zero-order valence-corrected chi connectivity index (χ0v) is 11.2. The lowest BCUT2D eigenvalue weighted by Crippen LogP contribution is -1.98. The van der Waals surface area contributed by atoms with Crippen molar-refractivity contribution in [2.24, 2.45) is 0 Å². The Morgan fingerprint density at radius 2 is 1.76 bits per heavy atom. The molecule has 4 rings (SSSR count). The average molecular weight is 273 g/mol. The van der Waals surface area contributed by atoms with E-state index >= 15 is 0 Å². The number of rotatable bonds is 2. The highest BCUT2D eigenvalue weighted by molar-refractivity contribution is 5.81. The first-order chi connectivity index (χ1) is 10.4. The van der Waals surface area contributed by atoms with E-state index in [1.54, 1.807) is 0 Å². The van der Waals surface area contributed by atoms with Crippen molar-refractivity contribution in [1.29, 1.82) is 0 Å². The van der Waals surface area contributed by atoms with Gasteiger partial charge in [-0.15, -0.1) is 6.42 Å². The number of nitrogens with zero attached hydrogens (tertiary/aromatic N) is 3. The molecule has 0 aliphatic rings. The standard InChI is InChI=1S/C17H11N3O/c1-2-11-20-14-9-5-3-7-12(14)18-16(20)17-19-13-8-4-6-10-15(13)21-17/h1,3-10H,11H2. The highest BCUT2D eigenvalue weighted by Gasteiger charge is 2.16. The summed E-state index contributed by atoms with van der Waals surface area (Å²) in [6.45, 7) is 0.425. The van der Waals surface area contributed by atoms with Crippen LogP contribution in [0.4, 0.5) is 0 Å². The maximum Gasteiger partial charge on any atom is 0.264 e. The number of imidazole rings is 1. The second-order valence-corrected chi connectivity index (χ2v) is 4.70. The van der Waals surface area contributed by atoms with E-state index in [9.17, 15) is 0 Å². The molecule has 0 bridgehead atoms. The van der Waals surface area contributed by atoms with Crippen molar-refractivity contribution in [3.8, 4) is 24.1 Å². The molecule has 4 nitrogen and oxygen atoms in total. The SMILES string of the molecule is C#CCn1c(-c2nc3ccccc3o2)nc2ccccc21. The normalized spacial score (nSPS) is 11.0. The number of terminal acetylenes is 1. The van der Waals surface area contributed by atoms with Gasteiger partial charge in [0.05, 0.1) is 17.6 Å². The lowest BCUT2D eigenvalue weighted by molar-refractivity contribution is 0.607. The molecule has 0 atom stereocenters. The zero-order chi connectivity index (χ0) is 14.2. The van der Waals surface area contributed by atoms with Crippen LogP contribution in [0, 0.1) is 12.3 Å². The van der Waals surface area contributed by atoms with Crippen LogP contribution in [0.2, 0.25) is 0 Å². The monoisotopic (exact) mass is 273 g/mol. The number of para-hydroxylation sites is 4. The number of hydrogen-bond donors (Lipinski definition) is 0. The van der Waals surface area contributed by atoms with Crippen LogP contribution in [-0.2, 0) is 6.54 Å². The maximum atomic E-state index is 5.81. The van der Waals surface area contributed by atoms with E-state index in [1.165, 1.54) is 0 Å². The van der Waals surface area contributed by atoms with E-state index in [-0.39, 0.29) is 0 Å². The Morgan fingerprint density at radius 3 is 2.57 bits per heavy atom. The van der Waals surface area contributed by atoms with E-state index in [0.29, 0.717) is 18.3 Å². The van der Waals surface area contributed by atoms with E-state index in [4.69, 9.17) is 10.8 Å². The Labute approximate surface area is 121 Å². The van der Waals surface area contributed by atoms with Crippen molar-refractivity contribution in [3.63, 3.8) is 0 Å². The largest absolute Gasteiger partial charge is 0.434 e. The Balaban J connectivity index is 2.00. The van der Waals surface area contributed by atoms with Crippen molar-refractivity contribution in [2.75, 3.05) is 0 Å². The molecule has 0 saturated carbocycles. The van der Waals surface area contributed by atoms with E-state index in [1.807, 2.05) is 53.1 Å². The van der Waals surface area contributed by atoms with Gasteiger partial charge in [-0.25, -0.2) is 9.97 Å². The van der Waals surface area contributed by atoms with Crippen molar-refractivity contribution in [1.82, 2.24) is 14.5 Å². The summed E-state index contributed by atoms with van der Waals surface area (Å²) in [6, 6.07) is 15.5. The van der Waals surface area contributed by atoms with Gasteiger partial charge >= 0.3 is 0 Å². The lowest BCUT2D eigenvalue weighted by atomic mass is 10.3. The van der Waals surface area contributed by atoms with Crippen LogP contribution >= 0.6 is 0 Å². The first-order valence-electron chi connectivity index (χ1n) is 6.61. The third-order valence-electron chi connectivity index (χ3n) is 3.39. The van der Waals surface area contributed by atoms with Crippen LogP contribution in [0.1, 0.15) is 0 Å². The summed E-state index contributed by atoms with van der Waals surface area (Å²) < 4.78 is 7.75. The van der Waals surface area contributed by atoms with Crippen LogP contribution in [-0.4, -0.2) is 14.5 Å². The minimum atomic E-state index is 0.425. The second-order valence-electron chi connectivity index (χ2n) is 4.70. The van der Waals surface area contributed by atoms with Gasteiger partial charge in [0.15, 0.2) is 11.4 Å². The molecule has 0 aliphatic heterocycles. The molecule has 100 valence electrons. The summed E-state index contributed by atoms with van der Waals surface area (Å²) in [4.78, 5) is 9.11. The molecule has 0 radical (unpaired) electrons. The summed E-state index contributed by atoms with van der Waals surface area (Å²) in [5.74, 6) is 3.81. The molecule has 2 aromatic heterocycles. The first-order valence-corrected chi connectivity index (χ1v) is 6.61. The number of hydrogen-bond acceptors (Lipinski definition) is 3. The van der Waals surface area contributed by atoms with Gasteiger partial charge in [-0.3, -0.25) is 0 Å². The molecule has 0 fully saturated rings. The van der Waals surface area contributed by atoms with Gasteiger partial charge in [0, 0.05) is 0 Å². The van der Waals surface area contributed by atoms with Gasteiger partial charge in [0.1, 0.15) is 5.52 Å². The first kappa shape index (κ1) is 11.7. The molecule has 0 unspecified atom stereocenters. The summed E-state index contributed by atoms with van der Waals surface area (Å²) in [7, 11) is 0. The molecule has 21 heavy (non-hydrogen) atoms. The number of aromatic nitrogens is 3. The number of oxazole rings is 1. The molecule has 4 aromatic rings. The predicted octanol–water partition coefficient (Wildman–Crippen LogP) is 3.48. The molecular weight excluding hydrogens is 262 g/mol. The minimum Gasteiger partial charge on any atom is -0.434 e. The van der Waals surface area contributed by atoms with Gasteiger partial charge < -0.3 is 8.98 Å². The Kier molecular flexibility index (Phi) is 2.51. The van der Waals surface area contributed by atoms with Gasteiger partial charge in [0.2, 0.25) is 0 Å². The van der Waals surface area contributed by atoms with E-state index in [2.05, 4.69) is 15.9 Å². The van der Waals surface area contributed by atoms with Crippen LogP contribution in [0.25, 0.3) is 33.8 Å². The molecule has 0 aliphatic carbocycles.